The quantitative estimate of drug-likeness (QED) is 0.733. The first-order valence-corrected chi connectivity index (χ1v) is 5.26. The first kappa shape index (κ1) is 12.1. The van der Waals surface area contributed by atoms with E-state index in [1.165, 1.54) is 13.2 Å². The van der Waals surface area contributed by atoms with Gasteiger partial charge in [-0.25, -0.2) is 8.78 Å². The molecule has 18 heavy (non-hydrogen) atoms. The van der Waals surface area contributed by atoms with Gasteiger partial charge in [0, 0.05) is 11.1 Å². The molecule has 0 spiro atoms. The van der Waals surface area contributed by atoms with Gasteiger partial charge in [0.15, 0.2) is 11.6 Å². The molecule has 0 bridgehead atoms. The summed E-state index contributed by atoms with van der Waals surface area (Å²) in [4.78, 5) is 0. The monoisotopic (exact) mass is 244 g/mol. The average Bonchev–Trinajstić information content (AvgIpc) is 2.41. The second kappa shape index (κ2) is 4.89. The lowest BCUT2D eigenvalue weighted by molar-refractivity contribution is 0.416. The van der Waals surface area contributed by atoms with Crippen molar-refractivity contribution in [3.8, 4) is 29.2 Å². The van der Waals surface area contributed by atoms with Crippen LogP contribution in [0.4, 0.5) is 8.78 Å². The molecule has 0 atom stereocenters. The minimum atomic E-state index is -0.902. The standard InChI is InChI=1S/C15H10F2O/c1-3-10-4-7-15(18-2)12(8-10)11-5-6-13(16)14(17)9-11/h1,4-9H,2H3. The Bertz CT molecular complexity index is 627. The van der Waals surface area contributed by atoms with Crippen LogP contribution >= 0.6 is 0 Å². The van der Waals surface area contributed by atoms with Crippen LogP contribution in [0.15, 0.2) is 36.4 Å². The Kier molecular flexibility index (Phi) is 3.29. The summed E-state index contributed by atoms with van der Waals surface area (Å²) < 4.78 is 31.3. The fraction of sp³-hybridized carbons (Fsp3) is 0.0667. The predicted molar refractivity (Wildman–Crippen MR) is 66.3 cm³/mol. The van der Waals surface area contributed by atoms with Gasteiger partial charge in [0.25, 0.3) is 0 Å². The van der Waals surface area contributed by atoms with Crippen LogP contribution in [0, 0.1) is 24.0 Å². The smallest absolute Gasteiger partial charge is 0.159 e. The lowest BCUT2D eigenvalue weighted by atomic mass is 10.0. The van der Waals surface area contributed by atoms with E-state index in [0.29, 0.717) is 22.4 Å². The van der Waals surface area contributed by atoms with Crippen molar-refractivity contribution in [3.63, 3.8) is 0 Å². The van der Waals surface area contributed by atoms with E-state index >= 15 is 0 Å². The largest absolute Gasteiger partial charge is 0.496 e. The molecule has 0 aliphatic rings. The molecule has 0 aromatic heterocycles. The molecule has 0 aliphatic heterocycles. The van der Waals surface area contributed by atoms with E-state index in [4.69, 9.17) is 11.2 Å². The van der Waals surface area contributed by atoms with Gasteiger partial charge in [-0.2, -0.15) is 0 Å². The topological polar surface area (TPSA) is 9.23 Å². The van der Waals surface area contributed by atoms with Crippen molar-refractivity contribution in [1.29, 1.82) is 0 Å². The molecule has 3 heteroatoms. The van der Waals surface area contributed by atoms with Crippen LogP contribution in [0.1, 0.15) is 5.56 Å². The predicted octanol–water partition coefficient (Wildman–Crippen LogP) is 3.62. The molecular weight excluding hydrogens is 234 g/mol. The van der Waals surface area contributed by atoms with Crippen LogP contribution in [0.2, 0.25) is 0 Å². The third-order valence-corrected chi connectivity index (χ3v) is 2.60. The number of terminal acetylenes is 1. The van der Waals surface area contributed by atoms with Crippen molar-refractivity contribution in [2.75, 3.05) is 7.11 Å². The van der Waals surface area contributed by atoms with Crippen LogP contribution in [-0.2, 0) is 0 Å². The molecule has 1 nitrogen and oxygen atoms in total. The van der Waals surface area contributed by atoms with E-state index in [9.17, 15) is 8.78 Å². The summed E-state index contributed by atoms with van der Waals surface area (Å²) in [6.45, 7) is 0. The Labute approximate surface area is 104 Å². The molecule has 0 radical (unpaired) electrons. The van der Waals surface area contributed by atoms with E-state index in [1.54, 1.807) is 18.2 Å². The Hall–Kier alpha value is -2.34. The van der Waals surface area contributed by atoms with Gasteiger partial charge < -0.3 is 4.74 Å². The minimum absolute atomic E-state index is 0.517. The second-order valence-corrected chi connectivity index (χ2v) is 3.69. The van der Waals surface area contributed by atoms with Crippen LogP contribution in [0.3, 0.4) is 0 Å². The highest BCUT2D eigenvalue weighted by molar-refractivity contribution is 5.72. The number of hydrogen-bond donors (Lipinski definition) is 0. The molecular formula is C15H10F2O. The summed E-state index contributed by atoms with van der Waals surface area (Å²) in [6.07, 6.45) is 5.32. The SMILES string of the molecule is C#Cc1ccc(OC)c(-c2ccc(F)c(F)c2)c1. The maximum atomic E-state index is 13.2. The normalized spacial score (nSPS) is 9.89. The van der Waals surface area contributed by atoms with Crippen molar-refractivity contribution in [2.45, 2.75) is 0 Å². The maximum Gasteiger partial charge on any atom is 0.159 e. The maximum absolute atomic E-state index is 13.2. The van der Waals surface area contributed by atoms with Crippen molar-refractivity contribution in [1.82, 2.24) is 0 Å². The highest BCUT2D eigenvalue weighted by Crippen LogP contribution is 2.31. The number of ether oxygens (including phenoxy) is 1. The average molecular weight is 244 g/mol. The van der Waals surface area contributed by atoms with Gasteiger partial charge in [-0.1, -0.05) is 12.0 Å². The highest BCUT2D eigenvalue weighted by Gasteiger charge is 2.09. The number of methoxy groups -OCH3 is 1. The number of halogens is 2. The van der Waals surface area contributed by atoms with E-state index < -0.39 is 11.6 Å². The summed E-state index contributed by atoms with van der Waals surface area (Å²) in [5.74, 6) is 1.26. The van der Waals surface area contributed by atoms with Gasteiger partial charge in [0.1, 0.15) is 5.75 Å². The molecule has 0 unspecified atom stereocenters. The molecule has 0 saturated heterocycles. The zero-order chi connectivity index (χ0) is 13.1. The summed E-state index contributed by atoms with van der Waals surface area (Å²) in [5, 5.41) is 0. The first-order valence-electron chi connectivity index (χ1n) is 5.26. The molecule has 0 amide bonds. The molecule has 90 valence electrons. The van der Waals surface area contributed by atoms with Crippen molar-refractivity contribution < 1.29 is 13.5 Å². The van der Waals surface area contributed by atoms with Crippen molar-refractivity contribution in [2.24, 2.45) is 0 Å². The summed E-state index contributed by atoms with van der Waals surface area (Å²) in [6, 6.07) is 8.80. The van der Waals surface area contributed by atoms with Crippen LogP contribution in [0.5, 0.6) is 5.75 Å². The Balaban J connectivity index is 2.61. The van der Waals surface area contributed by atoms with Gasteiger partial charge >= 0.3 is 0 Å². The van der Waals surface area contributed by atoms with Crippen LogP contribution < -0.4 is 4.74 Å². The lowest BCUT2D eigenvalue weighted by Crippen LogP contribution is -1.91. The summed E-state index contributed by atoms with van der Waals surface area (Å²) in [7, 11) is 1.51. The van der Waals surface area contributed by atoms with Gasteiger partial charge in [0.2, 0.25) is 0 Å². The van der Waals surface area contributed by atoms with E-state index in [1.807, 2.05) is 0 Å². The van der Waals surface area contributed by atoms with Crippen LogP contribution in [0.25, 0.3) is 11.1 Å². The Morgan fingerprint density at radius 1 is 1.06 bits per heavy atom. The summed E-state index contributed by atoms with van der Waals surface area (Å²) >= 11 is 0. The van der Waals surface area contributed by atoms with Crippen molar-refractivity contribution in [3.05, 3.63) is 53.6 Å². The van der Waals surface area contributed by atoms with Crippen molar-refractivity contribution >= 4 is 0 Å². The third-order valence-electron chi connectivity index (χ3n) is 2.60. The summed E-state index contributed by atoms with van der Waals surface area (Å²) in [5.41, 5.74) is 1.80. The van der Waals surface area contributed by atoms with Gasteiger partial charge in [-0.3, -0.25) is 0 Å². The van der Waals surface area contributed by atoms with E-state index in [0.717, 1.165) is 12.1 Å². The second-order valence-electron chi connectivity index (χ2n) is 3.69. The fourth-order valence-corrected chi connectivity index (χ4v) is 1.69. The van der Waals surface area contributed by atoms with E-state index in [-0.39, 0.29) is 0 Å². The van der Waals surface area contributed by atoms with Crippen LogP contribution in [-0.4, -0.2) is 7.11 Å². The number of benzene rings is 2. The highest BCUT2D eigenvalue weighted by atomic mass is 19.2. The molecule has 0 heterocycles. The molecule has 0 aliphatic carbocycles. The third kappa shape index (κ3) is 2.18. The Morgan fingerprint density at radius 2 is 1.83 bits per heavy atom. The van der Waals surface area contributed by atoms with Gasteiger partial charge in [-0.15, -0.1) is 6.42 Å². The molecule has 2 aromatic rings. The van der Waals surface area contributed by atoms with Gasteiger partial charge in [-0.05, 0) is 35.9 Å². The molecule has 2 aromatic carbocycles. The Morgan fingerprint density at radius 3 is 2.44 bits per heavy atom. The zero-order valence-corrected chi connectivity index (χ0v) is 9.71. The molecule has 2 rings (SSSR count). The van der Waals surface area contributed by atoms with E-state index in [2.05, 4.69) is 5.92 Å². The molecule has 0 N–H and O–H groups in total. The molecule has 0 fully saturated rings. The lowest BCUT2D eigenvalue weighted by Gasteiger charge is -2.09. The molecule has 0 saturated carbocycles. The number of rotatable bonds is 2. The zero-order valence-electron chi connectivity index (χ0n) is 9.71. The van der Waals surface area contributed by atoms with Gasteiger partial charge in [0.05, 0.1) is 7.11 Å². The minimum Gasteiger partial charge on any atom is -0.496 e. The fourth-order valence-electron chi connectivity index (χ4n) is 1.69. The number of hydrogen-bond acceptors (Lipinski definition) is 1. The first-order chi connectivity index (χ1) is 8.65.